The molecule has 160 valence electrons. The number of piperidine rings is 1. The van der Waals surface area contributed by atoms with Gasteiger partial charge in [0.2, 0.25) is 5.91 Å². The van der Waals surface area contributed by atoms with Gasteiger partial charge in [-0.15, -0.1) is 0 Å². The molecule has 1 aromatic carbocycles. The number of carbonyl (C=O) groups is 2. The zero-order valence-electron chi connectivity index (χ0n) is 18.1. The lowest BCUT2D eigenvalue weighted by atomic mass is 9.43. The first-order valence-electron chi connectivity index (χ1n) is 11.9. The second kappa shape index (κ2) is 6.24. The van der Waals surface area contributed by atoms with E-state index in [1.807, 2.05) is 24.3 Å². The average Bonchev–Trinajstić information content (AvgIpc) is 2.75. The highest BCUT2D eigenvalue weighted by Gasteiger charge is 2.60. The fourth-order valence-corrected chi connectivity index (χ4v) is 7.91. The van der Waals surface area contributed by atoms with E-state index in [1.165, 1.54) is 6.42 Å². The molecule has 5 fully saturated rings. The minimum atomic E-state index is -0.424. The van der Waals surface area contributed by atoms with Crippen molar-refractivity contribution in [3.63, 3.8) is 0 Å². The van der Waals surface area contributed by atoms with Crippen molar-refractivity contribution in [1.29, 1.82) is 0 Å². The van der Waals surface area contributed by atoms with Crippen LogP contribution in [0.1, 0.15) is 62.7 Å². The number of anilines is 1. The van der Waals surface area contributed by atoms with Gasteiger partial charge < -0.3 is 15.5 Å². The number of carbonyl (C=O) groups excluding carboxylic acids is 2. The number of amides is 2. The SMILES string of the molecule is CC1C2CC3(C(=O)N4CCC5(CC4)NC(=O)c4ccccc4N5)C[C@H]1C[C@@H](C3)C2C. The molecule has 5 nitrogen and oxygen atoms in total. The maximum Gasteiger partial charge on any atom is 0.255 e. The van der Waals surface area contributed by atoms with Gasteiger partial charge in [0.25, 0.3) is 5.91 Å². The van der Waals surface area contributed by atoms with Crippen LogP contribution < -0.4 is 10.6 Å². The number of para-hydroxylation sites is 1. The Morgan fingerprint density at radius 1 is 1.00 bits per heavy atom. The summed E-state index contributed by atoms with van der Waals surface area (Å²) >= 11 is 0. The summed E-state index contributed by atoms with van der Waals surface area (Å²) in [6.07, 6.45) is 6.18. The molecule has 4 aliphatic carbocycles. The summed E-state index contributed by atoms with van der Waals surface area (Å²) in [5.41, 5.74) is 1.09. The summed E-state index contributed by atoms with van der Waals surface area (Å²) in [7, 11) is 0. The Hall–Kier alpha value is -2.04. The largest absolute Gasteiger partial charge is 0.362 e. The molecule has 4 saturated carbocycles. The predicted octanol–water partition coefficient (Wildman–Crippen LogP) is 3.87. The van der Waals surface area contributed by atoms with Crippen LogP contribution in [0.3, 0.4) is 0 Å². The molecular formula is C25H33N3O2. The summed E-state index contributed by atoms with van der Waals surface area (Å²) in [5.74, 6) is 4.19. The first-order valence-corrected chi connectivity index (χ1v) is 11.9. The van der Waals surface area contributed by atoms with E-state index >= 15 is 0 Å². The molecule has 2 N–H and O–H groups in total. The smallest absolute Gasteiger partial charge is 0.255 e. The monoisotopic (exact) mass is 407 g/mol. The highest BCUT2D eigenvalue weighted by molar-refractivity contribution is 6.02. The number of hydrogen-bond donors (Lipinski definition) is 2. The maximum absolute atomic E-state index is 13.8. The van der Waals surface area contributed by atoms with Crippen LogP contribution in [0.5, 0.6) is 0 Å². The van der Waals surface area contributed by atoms with Crippen molar-refractivity contribution in [2.45, 2.75) is 58.0 Å². The normalized spacial score (nSPS) is 40.7. The van der Waals surface area contributed by atoms with Crippen molar-refractivity contribution in [2.24, 2.45) is 35.0 Å². The van der Waals surface area contributed by atoms with E-state index in [4.69, 9.17) is 0 Å². The Morgan fingerprint density at radius 2 is 1.67 bits per heavy atom. The molecule has 1 aromatic rings. The summed E-state index contributed by atoms with van der Waals surface area (Å²) in [6, 6.07) is 7.70. The van der Waals surface area contributed by atoms with Crippen LogP contribution >= 0.6 is 0 Å². The Labute approximate surface area is 179 Å². The third kappa shape index (κ3) is 2.53. The number of likely N-dealkylation sites (tertiary alicyclic amines) is 1. The number of nitrogens with zero attached hydrogens (tertiary/aromatic N) is 1. The van der Waals surface area contributed by atoms with Gasteiger partial charge in [-0.1, -0.05) is 26.0 Å². The molecule has 2 amide bonds. The minimum absolute atomic E-state index is 0.00631. The van der Waals surface area contributed by atoms with E-state index in [9.17, 15) is 9.59 Å². The van der Waals surface area contributed by atoms with Gasteiger partial charge in [-0.2, -0.15) is 0 Å². The number of hydrogen-bond acceptors (Lipinski definition) is 3. The van der Waals surface area contributed by atoms with Gasteiger partial charge in [0, 0.05) is 31.6 Å². The third-order valence-corrected chi connectivity index (χ3v) is 9.63. The Bertz CT molecular complexity index is 885. The summed E-state index contributed by atoms with van der Waals surface area (Å²) in [6.45, 7) is 6.31. The van der Waals surface area contributed by atoms with E-state index in [0.717, 1.165) is 80.5 Å². The Kier molecular flexibility index (Phi) is 3.89. The first kappa shape index (κ1) is 18.7. The third-order valence-electron chi connectivity index (χ3n) is 9.63. The van der Waals surface area contributed by atoms with E-state index < -0.39 is 5.66 Å². The number of benzene rings is 1. The standard InChI is InChI=1S/C25H33N3O2/c1-15-17-11-18-13-24(12-17,14-20(15)16(18)2)23(30)28-9-7-25(8-10-28)26-21-6-4-3-5-19(21)22(29)27-25/h3-6,15-18,20,26H,7-14H2,1-2H3,(H,27,29)/t15?,16?,17-,18+,20?,24?. The van der Waals surface area contributed by atoms with Crippen LogP contribution in [-0.4, -0.2) is 35.5 Å². The van der Waals surface area contributed by atoms with Crippen molar-refractivity contribution >= 4 is 17.5 Å². The molecule has 1 saturated heterocycles. The topological polar surface area (TPSA) is 61.4 Å². The molecule has 30 heavy (non-hydrogen) atoms. The van der Waals surface area contributed by atoms with Crippen LogP contribution in [0.4, 0.5) is 5.69 Å². The molecule has 4 unspecified atom stereocenters. The summed E-state index contributed by atoms with van der Waals surface area (Å²) < 4.78 is 0. The Morgan fingerprint density at radius 3 is 2.37 bits per heavy atom. The van der Waals surface area contributed by atoms with Gasteiger partial charge in [0.05, 0.1) is 11.0 Å². The highest BCUT2D eigenvalue weighted by Crippen LogP contribution is 2.64. The summed E-state index contributed by atoms with van der Waals surface area (Å²) in [4.78, 5) is 28.6. The van der Waals surface area contributed by atoms with Crippen LogP contribution in [-0.2, 0) is 4.79 Å². The Balaban J connectivity index is 1.18. The van der Waals surface area contributed by atoms with Crippen molar-refractivity contribution in [1.82, 2.24) is 10.2 Å². The van der Waals surface area contributed by atoms with Crippen molar-refractivity contribution in [3.05, 3.63) is 29.8 Å². The molecule has 2 heterocycles. The number of rotatable bonds is 1. The predicted molar refractivity (Wildman–Crippen MR) is 116 cm³/mol. The molecule has 1 spiro atoms. The van der Waals surface area contributed by atoms with Gasteiger partial charge in [-0.05, 0) is 67.4 Å². The molecule has 7 rings (SSSR count). The van der Waals surface area contributed by atoms with Gasteiger partial charge in [0.1, 0.15) is 5.66 Å². The molecule has 0 radical (unpaired) electrons. The maximum atomic E-state index is 13.8. The lowest BCUT2D eigenvalue weighted by Crippen LogP contribution is -2.65. The van der Waals surface area contributed by atoms with Crippen molar-refractivity contribution in [2.75, 3.05) is 18.4 Å². The van der Waals surface area contributed by atoms with Crippen LogP contribution in [0, 0.1) is 35.0 Å². The second-order valence-electron chi connectivity index (χ2n) is 11.0. The van der Waals surface area contributed by atoms with E-state index in [-0.39, 0.29) is 11.3 Å². The fraction of sp³-hybridized carbons (Fsp3) is 0.680. The minimum Gasteiger partial charge on any atom is -0.362 e. The van der Waals surface area contributed by atoms with Crippen molar-refractivity contribution in [3.8, 4) is 0 Å². The van der Waals surface area contributed by atoms with Gasteiger partial charge in [0.15, 0.2) is 0 Å². The zero-order chi connectivity index (χ0) is 20.7. The molecule has 6 atom stereocenters. The quantitative estimate of drug-likeness (QED) is 0.743. The van der Waals surface area contributed by atoms with E-state index in [1.54, 1.807) is 0 Å². The first-order chi connectivity index (χ1) is 14.4. The van der Waals surface area contributed by atoms with Crippen LogP contribution in [0.15, 0.2) is 24.3 Å². The van der Waals surface area contributed by atoms with Crippen LogP contribution in [0.25, 0.3) is 0 Å². The lowest BCUT2D eigenvalue weighted by molar-refractivity contribution is -0.172. The zero-order valence-corrected chi connectivity index (χ0v) is 18.1. The molecular weight excluding hydrogens is 374 g/mol. The van der Waals surface area contributed by atoms with Crippen molar-refractivity contribution < 1.29 is 9.59 Å². The van der Waals surface area contributed by atoms with E-state index in [2.05, 4.69) is 29.4 Å². The molecule has 6 aliphatic rings. The average molecular weight is 408 g/mol. The fourth-order valence-electron chi connectivity index (χ4n) is 7.91. The van der Waals surface area contributed by atoms with Crippen LogP contribution in [0.2, 0.25) is 0 Å². The van der Waals surface area contributed by atoms with Gasteiger partial charge in [-0.25, -0.2) is 0 Å². The number of nitrogens with one attached hydrogen (secondary N) is 2. The molecule has 0 aromatic heterocycles. The lowest BCUT2D eigenvalue weighted by Gasteiger charge is -2.62. The van der Waals surface area contributed by atoms with Gasteiger partial charge >= 0.3 is 0 Å². The molecule has 5 heteroatoms. The highest BCUT2D eigenvalue weighted by atomic mass is 16.2. The summed E-state index contributed by atoms with van der Waals surface area (Å²) in [5, 5.41) is 6.79. The molecule has 2 aliphatic heterocycles. The van der Waals surface area contributed by atoms with Gasteiger partial charge in [-0.3, -0.25) is 9.59 Å². The second-order valence-corrected chi connectivity index (χ2v) is 11.0. The molecule has 4 bridgehead atoms. The van der Waals surface area contributed by atoms with E-state index in [0.29, 0.717) is 11.5 Å². The number of fused-ring (bicyclic) bond motifs is 1.